The lowest BCUT2D eigenvalue weighted by molar-refractivity contribution is -0.131. The van der Waals surface area contributed by atoms with Gasteiger partial charge >= 0.3 is 0 Å². The molecule has 0 bridgehead atoms. The van der Waals surface area contributed by atoms with Gasteiger partial charge in [0, 0.05) is 7.05 Å². The molecule has 1 fully saturated rings. The summed E-state index contributed by atoms with van der Waals surface area (Å²) in [6, 6.07) is -0.625. The molecule has 12 heavy (non-hydrogen) atoms. The Bertz CT molecular complexity index is 185. The number of carbonyl (C=O) groups is 1. The van der Waals surface area contributed by atoms with Crippen molar-refractivity contribution < 1.29 is 14.6 Å². The molecule has 1 saturated heterocycles. The SMILES string of the molecule is CNC(=O)[C@H]1O[C@@H](C)C(O)C1N. The summed E-state index contributed by atoms with van der Waals surface area (Å²) in [5.74, 6) is -0.286. The van der Waals surface area contributed by atoms with Crippen LogP contribution in [0, 0.1) is 0 Å². The Labute approximate surface area is 70.9 Å². The number of aliphatic hydroxyl groups is 1. The zero-order valence-corrected chi connectivity index (χ0v) is 7.15. The summed E-state index contributed by atoms with van der Waals surface area (Å²) in [5, 5.41) is 11.8. The maximum Gasteiger partial charge on any atom is 0.250 e. The molecule has 5 heteroatoms. The average molecular weight is 174 g/mol. The summed E-state index contributed by atoms with van der Waals surface area (Å²) in [6.45, 7) is 1.69. The molecule has 1 aliphatic rings. The minimum Gasteiger partial charge on any atom is -0.389 e. The molecule has 0 saturated carbocycles. The number of ether oxygens (including phenoxy) is 1. The fraction of sp³-hybridized carbons (Fsp3) is 0.857. The van der Waals surface area contributed by atoms with E-state index in [2.05, 4.69) is 5.32 Å². The minimum atomic E-state index is -0.757. The number of nitrogens with two attached hydrogens (primary N) is 1. The van der Waals surface area contributed by atoms with Crippen LogP contribution in [0.4, 0.5) is 0 Å². The molecule has 0 radical (unpaired) electrons. The molecule has 1 heterocycles. The first-order valence-corrected chi connectivity index (χ1v) is 3.88. The van der Waals surface area contributed by atoms with Gasteiger partial charge < -0.3 is 20.9 Å². The van der Waals surface area contributed by atoms with Crippen molar-refractivity contribution in [2.45, 2.75) is 31.3 Å². The number of hydrogen-bond donors (Lipinski definition) is 3. The fourth-order valence-corrected chi connectivity index (χ4v) is 1.27. The first-order valence-electron chi connectivity index (χ1n) is 3.88. The smallest absolute Gasteiger partial charge is 0.250 e. The highest BCUT2D eigenvalue weighted by Crippen LogP contribution is 2.18. The molecule has 1 rings (SSSR count). The number of aliphatic hydroxyl groups excluding tert-OH is 1. The van der Waals surface area contributed by atoms with E-state index in [4.69, 9.17) is 10.5 Å². The van der Waals surface area contributed by atoms with E-state index < -0.39 is 18.2 Å². The van der Waals surface area contributed by atoms with Crippen LogP contribution in [-0.2, 0) is 9.53 Å². The van der Waals surface area contributed by atoms with Crippen molar-refractivity contribution in [3.05, 3.63) is 0 Å². The number of rotatable bonds is 1. The van der Waals surface area contributed by atoms with Gasteiger partial charge in [-0.25, -0.2) is 0 Å². The molecule has 0 aliphatic carbocycles. The van der Waals surface area contributed by atoms with Crippen molar-refractivity contribution in [3.63, 3.8) is 0 Å². The molecule has 5 nitrogen and oxygen atoms in total. The summed E-state index contributed by atoms with van der Waals surface area (Å²) in [6.07, 6.45) is -1.85. The van der Waals surface area contributed by atoms with Crippen LogP contribution in [0.15, 0.2) is 0 Å². The Morgan fingerprint density at radius 3 is 2.58 bits per heavy atom. The predicted molar refractivity (Wildman–Crippen MR) is 42.4 cm³/mol. The molecular formula is C7H14N2O3. The number of nitrogens with one attached hydrogen (secondary N) is 1. The van der Waals surface area contributed by atoms with Crippen LogP contribution in [-0.4, -0.2) is 42.4 Å². The van der Waals surface area contributed by atoms with Crippen molar-refractivity contribution in [3.8, 4) is 0 Å². The molecule has 0 aromatic heterocycles. The minimum absolute atomic E-state index is 0.286. The number of carbonyl (C=O) groups excluding carboxylic acids is 1. The van der Waals surface area contributed by atoms with Crippen LogP contribution >= 0.6 is 0 Å². The van der Waals surface area contributed by atoms with Gasteiger partial charge in [0.15, 0.2) is 6.10 Å². The van der Waals surface area contributed by atoms with Crippen molar-refractivity contribution >= 4 is 5.91 Å². The quantitative estimate of drug-likeness (QED) is 0.438. The number of amides is 1. The van der Waals surface area contributed by atoms with E-state index in [1.165, 1.54) is 7.05 Å². The van der Waals surface area contributed by atoms with Gasteiger partial charge in [-0.3, -0.25) is 4.79 Å². The maximum absolute atomic E-state index is 11.1. The molecule has 0 aromatic carbocycles. The Morgan fingerprint density at radius 2 is 2.25 bits per heavy atom. The van der Waals surface area contributed by atoms with Gasteiger partial charge in [-0.1, -0.05) is 0 Å². The van der Waals surface area contributed by atoms with Crippen molar-refractivity contribution in [1.82, 2.24) is 5.32 Å². The summed E-state index contributed by atoms with van der Waals surface area (Å²) in [7, 11) is 1.51. The van der Waals surface area contributed by atoms with Crippen molar-refractivity contribution in [2.75, 3.05) is 7.05 Å². The van der Waals surface area contributed by atoms with E-state index in [1.807, 2.05) is 0 Å². The molecule has 4 N–H and O–H groups in total. The van der Waals surface area contributed by atoms with Crippen LogP contribution in [0.2, 0.25) is 0 Å². The van der Waals surface area contributed by atoms with E-state index in [1.54, 1.807) is 6.92 Å². The Kier molecular flexibility index (Phi) is 2.66. The van der Waals surface area contributed by atoms with E-state index in [-0.39, 0.29) is 12.0 Å². The molecule has 4 atom stereocenters. The van der Waals surface area contributed by atoms with Crippen molar-refractivity contribution in [1.29, 1.82) is 0 Å². The summed E-state index contributed by atoms with van der Waals surface area (Å²) < 4.78 is 5.15. The normalized spacial score (nSPS) is 41.3. The van der Waals surface area contributed by atoms with Crippen LogP contribution in [0.5, 0.6) is 0 Å². The van der Waals surface area contributed by atoms with Gasteiger partial charge in [-0.15, -0.1) is 0 Å². The number of likely N-dealkylation sites (N-methyl/N-ethyl adjacent to an activating group) is 1. The predicted octanol–water partition coefficient (Wildman–Crippen LogP) is -1.79. The van der Waals surface area contributed by atoms with Gasteiger partial charge in [-0.05, 0) is 6.92 Å². The van der Waals surface area contributed by atoms with Crippen LogP contribution < -0.4 is 11.1 Å². The summed E-state index contributed by atoms with van der Waals surface area (Å²) >= 11 is 0. The standard InChI is InChI=1S/C7H14N2O3/c1-3-5(10)4(8)6(12-3)7(11)9-2/h3-6,10H,8H2,1-2H3,(H,9,11)/t3-,4?,5?,6-/m0/s1. The highest BCUT2D eigenvalue weighted by atomic mass is 16.5. The maximum atomic E-state index is 11.1. The second kappa shape index (κ2) is 3.38. The largest absolute Gasteiger partial charge is 0.389 e. The second-order valence-electron chi connectivity index (χ2n) is 2.94. The van der Waals surface area contributed by atoms with E-state index in [0.717, 1.165) is 0 Å². The molecule has 1 aliphatic heterocycles. The Hall–Kier alpha value is -0.650. The molecule has 1 amide bonds. The highest BCUT2D eigenvalue weighted by molar-refractivity contribution is 5.81. The fourth-order valence-electron chi connectivity index (χ4n) is 1.27. The average Bonchev–Trinajstić information content (AvgIpc) is 2.32. The van der Waals surface area contributed by atoms with E-state index in [9.17, 15) is 9.90 Å². The second-order valence-corrected chi connectivity index (χ2v) is 2.94. The summed E-state index contributed by atoms with van der Waals surface area (Å²) in [5.41, 5.74) is 5.55. The lowest BCUT2D eigenvalue weighted by Gasteiger charge is -2.13. The zero-order chi connectivity index (χ0) is 9.30. The van der Waals surface area contributed by atoms with E-state index >= 15 is 0 Å². The third-order valence-electron chi connectivity index (χ3n) is 2.09. The molecule has 70 valence electrons. The van der Waals surface area contributed by atoms with Crippen LogP contribution in [0.3, 0.4) is 0 Å². The highest BCUT2D eigenvalue weighted by Gasteiger charge is 2.42. The third-order valence-corrected chi connectivity index (χ3v) is 2.09. The first-order chi connectivity index (χ1) is 5.57. The molecular weight excluding hydrogens is 160 g/mol. The third kappa shape index (κ3) is 1.43. The van der Waals surface area contributed by atoms with Crippen LogP contribution in [0.1, 0.15) is 6.92 Å². The molecule has 0 aromatic rings. The Balaban J connectivity index is 2.64. The number of hydrogen-bond acceptors (Lipinski definition) is 4. The van der Waals surface area contributed by atoms with Gasteiger partial charge in [0.05, 0.1) is 18.2 Å². The van der Waals surface area contributed by atoms with Gasteiger partial charge in [0.25, 0.3) is 5.91 Å². The monoisotopic (exact) mass is 174 g/mol. The Morgan fingerprint density at radius 1 is 1.67 bits per heavy atom. The molecule has 2 unspecified atom stereocenters. The molecule has 0 spiro atoms. The van der Waals surface area contributed by atoms with Gasteiger partial charge in [-0.2, -0.15) is 0 Å². The van der Waals surface area contributed by atoms with Crippen molar-refractivity contribution in [2.24, 2.45) is 5.73 Å². The van der Waals surface area contributed by atoms with Crippen LogP contribution in [0.25, 0.3) is 0 Å². The topological polar surface area (TPSA) is 84.6 Å². The lowest BCUT2D eigenvalue weighted by Crippen LogP contribution is -2.46. The first kappa shape index (κ1) is 9.44. The van der Waals surface area contributed by atoms with Gasteiger partial charge in [0.1, 0.15) is 0 Å². The summed E-state index contributed by atoms with van der Waals surface area (Å²) in [4.78, 5) is 11.1. The zero-order valence-electron chi connectivity index (χ0n) is 7.15. The van der Waals surface area contributed by atoms with E-state index in [0.29, 0.717) is 0 Å². The lowest BCUT2D eigenvalue weighted by atomic mass is 10.1. The van der Waals surface area contributed by atoms with Gasteiger partial charge in [0.2, 0.25) is 0 Å².